The zero-order valence-corrected chi connectivity index (χ0v) is 19.4. The summed E-state index contributed by atoms with van der Waals surface area (Å²) >= 11 is 0. The normalized spacial score (nSPS) is 11.8. The number of ketones is 1. The van der Waals surface area contributed by atoms with E-state index in [1.807, 2.05) is 58.0 Å². The van der Waals surface area contributed by atoms with Gasteiger partial charge in [-0.25, -0.2) is 4.79 Å². The van der Waals surface area contributed by atoms with Crippen molar-refractivity contribution >= 4 is 45.1 Å². The van der Waals surface area contributed by atoms with E-state index in [1.54, 1.807) is 24.3 Å². The van der Waals surface area contributed by atoms with Gasteiger partial charge in [-0.05, 0) is 48.9 Å². The fraction of sp³-hybridized carbons (Fsp3) is 0.192. The first-order valence-electron chi connectivity index (χ1n) is 11.0. The van der Waals surface area contributed by atoms with Gasteiger partial charge < -0.3 is 19.8 Å². The minimum absolute atomic E-state index is 0.125. The Labute approximate surface area is 195 Å². The molecule has 0 unspecified atom stereocenters. The van der Waals surface area contributed by atoms with Crippen LogP contribution in [-0.4, -0.2) is 26.9 Å². The second-order valence-corrected chi connectivity index (χ2v) is 9.44. The van der Waals surface area contributed by atoms with Crippen LogP contribution in [0.2, 0.25) is 0 Å². The number of nitrogens with zero attached hydrogens (tertiary/aromatic N) is 1. The number of aryl methyl sites for hydroxylation is 1. The lowest BCUT2D eigenvalue weighted by molar-refractivity contribution is 0.103. The maximum absolute atomic E-state index is 13.1. The van der Waals surface area contributed by atoms with E-state index in [1.165, 1.54) is 0 Å². The van der Waals surface area contributed by atoms with E-state index in [0.717, 1.165) is 27.4 Å². The molecule has 0 radical (unpaired) electrons. The summed E-state index contributed by atoms with van der Waals surface area (Å²) in [6.45, 7) is 8.02. The lowest BCUT2D eigenvalue weighted by Gasteiger charge is -2.12. The molecule has 3 heterocycles. The van der Waals surface area contributed by atoms with Gasteiger partial charge in [0, 0.05) is 39.0 Å². The fourth-order valence-corrected chi connectivity index (χ4v) is 3.87. The highest BCUT2D eigenvalue weighted by Gasteiger charge is 2.20. The Kier molecular flexibility index (Phi) is 5.01. The Morgan fingerprint density at radius 2 is 1.68 bits per heavy atom. The molecular weight excluding hydrogens is 430 g/mol. The minimum Gasteiger partial charge on any atom is -0.359 e. The molecule has 8 heteroatoms. The van der Waals surface area contributed by atoms with Crippen molar-refractivity contribution in [2.75, 3.05) is 10.6 Å². The molecular formula is C26H25N5O3. The quantitative estimate of drug-likeness (QED) is 0.244. The van der Waals surface area contributed by atoms with Gasteiger partial charge in [0.15, 0.2) is 5.82 Å². The number of urea groups is 1. The molecule has 0 atom stereocenters. The standard InChI is InChI=1S/C26H25N5O3/c1-14-6-5-7-19-17(14)12-21(29-19)24(32)20-11-15-10-16(8-9-18(15)28-20)27-25(33)30-23-13-22(34-31-23)26(2,3)4/h5-13,28-29H,1-4H3,(H2,27,30,31,33). The summed E-state index contributed by atoms with van der Waals surface area (Å²) in [5, 5.41) is 11.2. The Morgan fingerprint density at radius 1 is 0.912 bits per heavy atom. The highest BCUT2D eigenvalue weighted by atomic mass is 16.5. The third-order valence-corrected chi connectivity index (χ3v) is 5.74. The molecule has 2 aromatic carbocycles. The molecule has 0 saturated heterocycles. The van der Waals surface area contributed by atoms with Crippen molar-refractivity contribution in [3.8, 4) is 0 Å². The summed E-state index contributed by atoms with van der Waals surface area (Å²) in [4.78, 5) is 31.9. The van der Waals surface area contributed by atoms with Crippen LogP contribution in [0.3, 0.4) is 0 Å². The van der Waals surface area contributed by atoms with Gasteiger partial charge in [0.05, 0.1) is 11.4 Å². The maximum atomic E-state index is 13.1. The molecule has 4 N–H and O–H groups in total. The number of carbonyl (C=O) groups excluding carboxylic acids is 2. The molecule has 0 aliphatic carbocycles. The number of carbonyl (C=O) groups is 2. The van der Waals surface area contributed by atoms with Crippen LogP contribution in [0, 0.1) is 6.92 Å². The van der Waals surface area contributed by atoms with Gasteiger partial charge >= 0.3 is 6.03 Å². The minimum atomic E-state index is -0.437. The van der Waals surface area contributed by atoms with Gasteiger partial charge in [-0.15, -0.1) is 0 Å². The summed E-state index contributed by atoms with van der Waals surface area (Å²) in [6.07, 6.45) is 0. The van der Waals surface area contributed by atoms with E-state index in [-0.39, 0.29) is 11.2 Å². The molecule has 3 aromatic heterocycles. The van der Waals surface area contributed by atoms with Gasteiger partial charge in [-0.3, -0.25) is 10.1 Å². The molecule has 8 nitrogen and oxygen atoms in total. The number of benzene rings is 2. The molecule has 5 aromatic rings. The van der Waals surface area contributed by atoms with E-state index in [2.05, 4.69) is 25.8 Å². The largest absolute Gasteiger partial charge is 0.359 e. The van der Waals surface area contributed by atoms with E-state index < -0.39 is 6.03 Å². The number of hydrogen-bond acceptors (Lipinski definition) is 4. The zero-order chi connectivity index (χ0) is 24.0. The second kappa shape index (κ2) is 7.91. The first kappa shape index (κ1) is 21.5. The summed E-state index contributed by atoms with van der Waals surface area (Å²) in [6, 6.07) is 16.3. The van der Waals surface area contributed by atoms with E-state index in [9.17, 15) is 9.59 Å². The monoisotopic (exact) mass is 455 g/mol. The average Bonchev–Trinajstić information content (AvgIpc) is 3.50. The summed E-state index contributed by atoms with van der Waals surface area (Å²) in [5.41, 5.74) is 4.21. The third-order valence-electron chi connectivity index (χ3n) is 5.74. The molecule has 5 rings (SSSR count). The number of hydrogen-bond donors (Lipinski definition) is 4. The average molecular weight is 456 g/mol. The molecule has 34 heavy (non-hydrogen) atoms. The number of H-pyrrole nitrogens is 2. The summed E-state index contributed by atoms with van der Waals surface area (Å²) < 4.78 is 5.29. The predicted molar refractivity (Wildman–Crippen MR) is 133 cm³/mol. The van der Waals surface area contributed by atoms with Gasteiger partial charge in [0.25, 0.3) is 0 Å². The van der Waals surface area contributed by atoms with Gasteiger partial charge in [-0.2, -0.15) is 0 Å². The lowest BCUT2D eigenvalue weighted by Crippen LogP contribution is -2.19. The van der Waals surface area contributed by atoms with Crippen LogP contribution in [0.25, 0.3) is 21.8 Å². The van der Waals surface area contributed by atoms with Crippen molar-refractivity contribution in [3.63, 3.8) is 0 Å². The molecule has 0 spiro atoms. The molecule has 0 aliphatic rings. The van der Waals surface area contributed by atoms with Crippen LogP contribution >= 0.6 is 0 Å². The van der Waals surface area contributed by atoms with E-state index in [4.69, 9.17) is 4.52 Å². The van der Waals surface area contributed by atoms with Crippen LogP contribution < -0.4 is 10.6 Å². The van der Waals surface area contributed by atoms with E-state index in [0.29, 0.717) is 28.7 Å². The molecule has 0 bridgehead atoms. The predicted octanol–water partition coefficient (Wildman–Crippen LogP) is 6.12. The van der Waals surface area contributed by atoms with Crippen LogP contribution in [0.5, 0.6) is 0 Å². The van der Waals surface area contributed by atoms with Crippen molar-refractivity contribution in [2.24, 2.45) is 0 Å². The van der Waals surface area contributed by atoms with Gasteiger partial charge in [0.1, 0.15) is 5.76 Å². The van der Waals surface area contributed by atoms with Crippen molar-refractivity contribution in [2.45, 2.75) is 33.1 Å². The van der Waals surface area contributed by atoms with Crippen molar-refractivity contribution in [1.29, 1.82) is 0 Å². The number of anilines is 2. The number of fused-ring (bicyclic) bond motifs is 2. The number of nitrogens with one attached hydrogen (secondary N) is 4. The van der Waals surface area contributed by atoms with Crippen molar-refractivity contribution in [1.82, 2.24) is 15.1 Å². The number of aromatic amines is 2. The Balaban J connectivity index is 1.33. The first-order valence-corrected chi connectivity index (χ1v) is 11.0. The zero-order valence-electron chi connectivity index (χ0n) is 19.4. The maximum Gasteiger partial charge on any atom is 0.324 e. The number of rotatable bonds is 4. The first-order chi connectivity index (χ1) is 16.2. The molecule has 172 valence electrons. The van der Waals surface area contributed by atoms with Crippen LogP contribution in [0.1, 0.15) is 48.3 Å². The van der Waals surface area contributed by atoms with Crippen LogP contribution in [-0.2, 0) is 5.41 Å². The highest BCUT2D eigenvalue weighted by molar-refractivity contribution is 6.11. The lowest BCUT2D eigenvalue weighted by atomic mass is 9.93. The Morgan fingerprint density at radius 3 is 2.41 bits per heavy atom. The van der Waals surface area contributed by atoms with Gasteiger partial charge in [0.2, 0.25) is 5.78 Å². The molecule has 0 fully saturated rings. The second-order valence-electron chi connectivity index (χ2n) is 9.44. The van der Waals surface area contributed by atoms with Crippen LogP contribution in [0.4, 0.5) is 16.3 Å². The molecule has 2 amide bonds. The molecule has 0 aliphatic heterocycles. The van der Waals surface area contributed by atoms with E-state index >= 15 is 0 Å². The Hall–Kier alpha value is -4.33. The Bertz CT molecular complexity index is 1550. The SMILES string of the molecule is Cc1cccc2[nH]c(C(=O)c3cc4cc(NC(=O)Nc5cc(C(C)(C)C)on5)ccc4[nH]3)cc12. The van der Waals surface area contributed by atoms with Gasteiger partial charge in [-0.1, -0.05) is 38.1 Å². The topological polar surface area (TPSA) is 116 Å². The van der Waals surface area contributed by atoms with Crippen molar-refractivity contribution in [3.05, 3.63) is 77.3 Å². The third kappa shape index (κ3) is 4.05. The summed E-state index contributed by atoms with van der Waals surface area (Å²) in [7, 11) is 0. The fourth-order valence-electron chi connectivity index (χ4n) is 3.87. The molecule has 0 saturated carbocycles. The number of amides is 2. The van der Waals surface area contributed by atoms with Crippen LogP contribution in [0.15, 0.2) is 59.1 Å². The number of aromatic nitrogens is 3. The summed E-state index contributed by atoms with van der Waals surface area (Å²) in [5.74, 6) is 0.894. The smallest absolute Gasteiger partial charge is 0.324 e. The van der Waals surface area contributed by atoms with Crippen molar-refractivity contribution < 1.29 is 14.1 Å². The highest BCUT2D eigenvalue weighted by Crippen LogP contribution is 2.26.